The van der Waals surface area contributed by atoms with Crippen LogP contribution in [-0.2, 0) is 52.8 Å². The Labute approximate surface area is 592 Å². The molecule has 0 unspecified atom stereocenters. The molecule has 0 aliphatic rings. The van der Waals surface area contributed by atoms with Crippen molar-refractivity contribution in [2.24, 2.45) is 0 Å². The van der Waals surface area contributed by atoms with Gasteiger partial charge >= 0.3 is 0 Å². The van der Waals surface area contributed by atoms with Crippen LogP contribution in [0.2, 0.25) is 0 Å². The Hall–Kier alpha value is -6.23. The molecule has 3 aromatic carbocycles. The average Bonchev–Trinajstić information content (AvgIpc) is 1.16. The fourth-order valence-electron chi connectivity index (χ4n) is 10.2. The Bertz CT molecular complexity index is 2670. The highest BCUT2D eigenvalue weighted by Crippen LogP contribution is 2.23. The molecule has 0 saturated carbocycles. The summed E-state index contributed by atoms with van der Waals surface area (Å²) in [5.74, 6) is 1.44. The smallest absolute Gasteiger partial charge is 0.149 e. The second-order valence-electron chi connectivity index (χ2n) is 26.1. The van der Waals surface area contributed by atoms with Crippen LogP contribution in [0.3, 0.4) is 0 Å². The first-order valence-corrected chi connectivity index (χ1v) is 35.3. The summed E-state index contributed by atoms with van der Waals surface area (Å²) < 4.78 is 0. The first kappa shape index (κ1) is 97.2. The highest BCUT2D eigenvalue weighted by molar-refractivity contribution is 5.87. The van der Waals surface area contributed by atoms with Crippen molar-refractivity contribution in [1.82, 2.24) is 37.2 Å². The molecule has 0 amide bonds. The SMILES string of the molecule is C=CCCCC(CCCC=C)(NC)C(C)=O.C=CCCCCCC[C@](C)(NC)C(C)=O.C=CCCC[C@@](C)(NC)C(C)=O.C=CCCC[C@](C)(NC)C(C)=O.CN[C@@H](Cc1ccc(C)cc1)C(C)=O.CN[C@@H](Cc1cccc(C)c1)C(C)=O.CN[C@@H](Cc1ccccc1C)C(C)=O. The van der Waals surface area contributed by atoms with Crippen molar-refractivity contribution >= 4 is 40.5 Å². The van der Waals surface area contributed by atoms with Crippen molar-refractivity contribution in [2.75, 3.05) is 49.3 Å². The van der Waals surface area contributed by atoms with Gasteiger partial charge in [0.25, 0.3) is 0 Å². The summed E-state index contributed by atoms with van der Waals surface area (Å²) in [4.78, 5) is 79.2. The molecular formula is C83H139N7O7. The predicted molar refractivity (Wildman–Crippen MR) is 416 cm³/mol. The van der Waals surface area contributed by atoms with Crippen LogP contribution < -0.4 is 37.2 Å². The molecule has 6 atom stereocenters. The number of Topliss-reactive ketones (excluding diaryl/α,β-unsaturated/α-hetero) is 7. The van der Waals surface area contributed by atoms with E-state index in [4.69, 9.17) is 0 Å². The topological polar surface area (TPSA) is 204 Å². The molecular weight excluding hydrogens is 1210 g/mol. The Morgan fingerprint density at radius 3 is 1.05 bits per heavy atom. The van der Waals surface area contributed by atoms with Gasteiger partial charge in [0.2, 0.25) is 0 Å². The maximum Gasteiger partial charge on any atom is 0.149 e. The second kappa shape index (κ2) is 57.7. The van der Waals surface area contributed by atoms with Crippen molar-refractivity contribution < 1.29 is 33.6 Å². The number of hydrogen-bond donors (Lipinski definition) is 7. The van der Waals surface area contributed by atoms with Crippen molar-refractivity contribution in [3.05, 3.63) is 169 Å². The lowest BCUT2D eigenvalue weighted by molar-refractivity contribution is -0.124. The average molecular weight is 1350 g/mol. The molecule has 14 heteroatoms. The van der Waals surface area contributed by atoms with Gasteiger partial charge in [-0.15, -0.1) is 32.9 Å². The lowest BCUT2D eigenvalue weighted by Gasteiger charge is -2.31. The van der Waals surface area contributed by atoms with Gasteiger partial charge in [0.05, 0.1) is 40.3 Å². The summed E-state index contributed by atoms with van der Waals surface area (Å²) in [5, 5.41) is 21.5. The van der Waals surface area contributed by atoms with Gasteiger partial charge < -0.3 is 37.2 Å². The fourth-order valence-corrected chi connectivity index (χ4v) is 10.2. The van der Waals surface area contributed by atoms with Crippen molar-refractivity contribution in [3.63, 3.8) is 0 Å². The zero-order valence-electron chi connectivity index (χ0n) is 64.8. The number of aryl methyl sites for hydroxylation is 3. The molecule has 0 fully saturated rings. The summed E-state index contributed by atoms with van der Waals surface area (Å²) in [6.45, 7) is 41.9. The highest BCUT2D eigenvalue weighted by atomic mass is 16.2. The fraction of sp³-hybridized carbons (Fsp3) is 0.578. The van der Waals surface area contributed by atoms with Crippen molar-refractivity contribution in [2.45, 2.75) is 265 Å². The molecule has 0 saturated heterocycles. The van der Waals surface area contributed by atoms with Crippen LogP contribution in [0.4, 0.5) is 0 Å². The minimum absolute atomic E-state index is 0.0577. The standard InChI is InChI=1S/C14H25NO.C13H25NO.3C12H17NO.2C10H19NO/c1-5-7-9-11-14(15-4,13(3)16)12-10-8-6-2;1-5-6-7-8-9-10-11-13(3,14-4)12(2)15;1-9-4-6-11(7-5-9)8-12(13-3)10(2)14;1-9-5-4-6-11(7-9)8-12(13-3)10(2)14;1-9-6-4-5-7-11(9)8-12(13-3)10(2)14;2*1-5-6-7-8-10(3,11-4)9(2)12/h5-6,15H,1-2,7-12H2,3-4H3;5,14H,1,6-11H2,2-4H3;3*4-7,12-13H,8H2,1-3H3;2*5,11H,1,6-8H2,2-4H3/t;13-;3*12-;2*10-/m.000010/s1. The monoisotopic (exact) mass is 1350 g/mol. The Balaban J connectivity index is -0.000000521. The minimum atomic E-state index is -0.344. The van der Waals surface area contributed by atoms with E-state index < -0.39 is 0 Å². The molecule has 548 valence electrons. The molecule has 0 bridgehead atoms. The third-order valence-electron chi connectivity index (χ3n) is 18.5. The third-order valence-corrected chi connectivity index (χ3v) is 18.5. The van der Waals surface area contributed by atoms with E-state index >= 15 is 0 Å². The number of benzene rings is 3. The molecule has 0 spiro atoms. The van der Waals surface area contributed by atoms with E-state index in [0.717, 1.165) is 116 Å². The quantitative estimate of drug-likeness (QED) is 0.0208. The van der Waals surface area contributed by atoms with Crippen LogP contribution >= 0.6 is 0 Å². The summed E-state index contributed by atoms with van der Waals surface area (Å²) >= 11 is 0. The number of carbonyl (C=O) groups excluding carboxylic acids is 7. The van der Waals surface area contributed by atoms with E-state index in [1.54, 1.807) is 48.5 Å². The number of carbonyl (C=O) groups is 7. The molecule has 0 aliphatic carbocycles. The van der Waals surface area contributed by atoms with Gasteiger partial charge in [0.15, 0.2) is 0 Å². The minimum Gasteiger partial charge on any atom is -0.310 e. The summed E-state index contributed by atoms with van der Waals surface area (Å²) in [5.41, 5.74) is 6.02. The highest BCUT2D eigenvalue weighted by Gasteiger charge is 2.32. The van der Waals surface area contributed by atoms with Gasteiger partial charge in [-0.05, 0) is 277 Å². The van der Waals surface area contributed by atoms with Crippen LogP contribution in [0.25, 0.3) is 0 Å². The normalized spacial score (nSPS) is 13.3. The molecule has 0 radical (unpaired) electrons. The lowest BCUT2D eigenvalue weighted by Crippen LogP contribution is -2.49. The third kappa shape index (κ3) is 45.1. The summed E-state index contributed by atoms with van der Waals surface area (Å²) in [7, 11) is 12.9. The van der Waals surface area contributed by atoms with E-state index in [1.165, 1.54) is 52.6 Å². The molecule has 0 aliphatic heterocycles. The number of allylic oxidation sites excluding steroid dienone is 5. The van der Waals surface area contributed by atoms with Gasteiger partial charge in [-0.1, -0.05) is 134 Å². The molecule has 7 N–H and O–H groups in total. The maximum atomic E-state index is 11.8. The van der Waals surface area contributed by atoms with Gasteiger partial charge in [0.1, 0.15) is 40.5 Å². The first-order valence-electron chi connectivity index (χ1n) is 35.3. The van der Waals surface area contributed by atoms with Gasteiger partial charge in [-0.2, -0.15) is 0 Å². The van der Waals surface area contributed by atoms with Crippen molar-refractivity contribution in [1.29, 1.82) is 0 Å². The number of ketones is 7. The molecule has 14 nitrogen and oxygen atoms in total. The largest absolute Gasteiger partial charge is 0.310 e. The van der Waals surface area contributed by atoms with E-state index in [1.807, 2.05) is 119 Å². The zero-order valence-corrected chi connectivity index (χ0v) is 64.8. The Morgan fingerprint density at radius 2 is 0.722 bits per heavy atom. The maximum absolute atomic E-state index is 11.8. The van der Waals surface area contributed by atoms with Crippen molar-refractivity contribution in [3.8, 4) is 0 Å². The molecule has 3 rings (SSSR count). The number of nitrogens with one attached hydrogen (secondary N) is 7. The van der Waals surface area contributed by atoms with E-state index in [2.05, 4.69) is 145 Å². The van der Waals surface area contributed by atoms with Gasteiger partial charge in [0, 0.05) is 0 Å². The van der Waals surface area contributed by atoms with Gasteiger partial charge in [-0.25, -0.2) is 0 Å². The summed E-state index contributed by atoms with van der Waals surface area (Å²) in [6, 6.07) is 24.5. The van der Waals surface area contributed by atoms with Crippen LogP contribution in [0, 0.1) is 20.8 Å². The van der Waals surface area contributed by atoms with Crippen LogP contribution in [0.1, 0.15) is 218 Å². The zero-order chi connectivity index (χ0) is 75.1. The molecule has 0 heterocycles. The van der Waals surface area contributed by atoms with Crippen LogP contribution in [-0.4, -0.2) is 130 Å². The Morgan fingerprint density at radius 1 is 0.371 bits per heavy atom. The second-order valence-corrected chi connectivity index (χ2v) is 26.1. The summed E-state index contributed by atoms with van der Waals surface area (Å²) in [6.07, 6.45) is 30.2. The predicted octanol–water partition coefficient (Wildman–Crippen LogP) is 15.3. The first-order chi connectivity index (χ1) is 45.7. The molecule has 0 aromatic heterocycles. The number of hydrogen-bond acceptors (Lipinski definition) is 14. The van der Waals surface area contributed by atoms with Gasteiger partial charge in [-0.3, -0.25) is 33.6 Å². The lowest BCUT2D eigenvalue weighted by atomic mass is 9.84. The number of unbranched alkanes of at least 4 members (excludes halogenated alkanes) is 8. The van der Waals surface area contributed by atoms with E-state index in [9.17, 15) is 33.6 Å². The van der Waals surface area contributed by atoms with Crippen LogP contribution in [0.15, 0.2) is 136 Å². The molecule has 97 heavy (non-hydrogen) atoms. The number of rotatable bonds is 43. The van der Waals surface area contributed by atoms with E-state index in [-0.39, 0.29) is 80.8 Å². The van der Waals surface area contributed by atoms with E-state index in [0.29, 0.717) is 0 Å². The Kier molecular flexibility index (Phi) is 57.7. The number of likely N-dealkylation sites (N-methyl/N-ethyl adjacent to an activating group) is 7. The molecule has 3 aromatic rings. The van der Waals surface area contributed by atoms with Crippen LogP contribution in [0.5, 0.6) is 0 Å².